The van der Waals surface area contributed by atoms with Gasteiger partial charge in [0.2, 0.25) is 0 Å². The van der Waals surface area contributed by atoms with Crippen LogP contribution in [0.2, 0.25) is 0 Å². The number of nitriles is 1. The topological polar surface area (TPSA) is 55.1 Å². The van der Waals surface area contributed by atoms with Gasteiger partial charge in [-0.15, -0.1) is 0 Å². The number of fused-ring (bicyclic) bond motifs is 1. The molecule has 0 bridgehead atoms. The molecule has 4 nitrogen and oxygen atoms in total. The average molecular weight is 256 g/mol. The van der Waals surface area contributed by atoms with E-state index in [0.29, 0.717) is 24.5 Å². The van der Waals surface area contributed by atoms with Crippen LogP contribution in [0, 0.1) is 11.3 Å². The Balaban J connectivity index is 2.37. The summed E-state index contributed by atoms with van der Waals surface area (Å²) in [4.78, 5) is 4.25. The number of rotatable bonds is 5. The van der Waals surface area contributed by atoms with Crippen molar-refractivity contribution in [3.63, 3.8) is 0 Å². The molecular formula is C15H16N2O2. The molecular weight excluding hydrogens is 240 g/mol. The Hall–Kier alpha value is -2.12. The summed E-state index contributed by atoms with van der Waals surface area (Å²) < 4.78 is 11.2. The Labute approximate surface area is 112 Å². The van der Waals surface area contributed by atoms with Crippen molar-refractivity contribution < 1.29 is 9.47 Å². The van der Waals surface area contributed by atoms with Crippen molar-refractivity contribution in [1.82, 2.24) is 4.98 Å². The van der Waals surface area contributed by atoms with Crippen molar-refractivity contribution in [1.29, 1.82) is 5.26 Å². The van der Waals surface area contributed by atoms with Gasteiger partial charge in [-0.25, -0.2) is 0 Å². The minimum atomic E-state index is -0.113. The molecule has 0 radical (unpaired) electrons. The highest BCUT2D eigenvalue weighted by Crippen LogP contribution is 2.28. The third-order valence-corrected chi connectivity index (χ3v) is 2.72. The molecule has 1 aromatic carbocycles. The summed E-state index contributed by atoms with van der Waals surface area (Å²) in [7, 11) is 0. The third-order valence-electron chi connectivity index (χ3n) is 2.72. The van der Waals surface area contributed by atoms with Gasteiger partial charge in [0.05, 0.1) is 12.1 Å². The Morgan fingerprint density at radius 1 is 1.37 bits per heavy atom. The van der Waals surface area contributed by atoms with Crippen molar-refractivity contribution >= 4 is 10.9 Å². The highest BCUT2D eigenvalue weighted by molar-refractivity contribution is 5.87. The second-order valence-corrected chi connectivity index (χ2v) is 4.22. The minimum Gasteiger partial charge on any atom is -0.486 e. The van der Waals surface area contributed by atoms with Crippen LogP contribution in [0.4, 0.5) is 0 Å². The molecule has 1 aromatic heterocycles. The quantitative estimate of drug-likeness (QED) is 0.825. The van der Waals surface area contributed by atoms with Gasteiger partial charge in [-0.05, 0) is 26.0 Å². The second-order valence-electron chi connectivity index (χ2n) is 4.22. The molecule has 0 saturated carbocycles. The van der Waals surface area contributed by atoms with E-state index in [1.807, 2.05) is 38.1 Å². The zero-order chi connectivity index (χ0) is 13.7. The first-order chi connectivity index (χ1) is 9.26. The minimum absolute atomic E-state index is 0.113. The normalized spacial score (nSPS) is 12.1. The van der Waals surface area contributed by atoms with Gasteiger partial charge < -0.3 is 9.47 Å². The Bertz CT molecular complexity index is 605. The van der Waals surface area contributed by atoms with E-state index < -0.39 is 0 Å². The number of nitrogens with zero attached hydrogens (tertiary/aromatic N) is 2. The van der Waals surface area contributed by atoms with Gasteiger partial charge in [0.1, 0.15) is 23.5 Å². The summed E-state index contributed by atoms with van der Waals surface area (Å²) in [5, 5.41) is 10.0. The maximum atomic E-state index is 9.17. The number of hydrogen-bond acceptors (Lipinski definition) is 4. The number of ether oxygens (including phenoxy) is 2. The molecule has 1 unspecified atom stereocenters. The summed E-state index contributed by atoms with van der Waals surface area (Å²) in [6.07, 6.45) is 1.43. The average Bonchev–Trinajstić information content (AvgIpc) is 2.45. The Morgan fingerprint density at radius 3 is 2.89 bits per heavy atom. The SMILES string of the molecule is CCOCC(C)Oc1c(C#N)cnc2ccccc12. The highest BCUT2D eigenvalue weighted by Gasteiger charge is 2.13. The van der Waals surface area contributed by atoms with Crippen molar-refractivity contribution in [2.75, 3.05) is 13.2 Å². The fourth-order valence-electron chi connectivity index (χ4n) is 1.84. The van der Waals surface area contributed by atoms with Crippen molar-refractivity contribution in [3.05, 3.63) is 36.0 Å². The second kappa shape index (κ2) is 6.17. The van der Waals surface area contributed by atoms with Crippen LogP contribution in [-0.2, 0) is 4.74 Å². The first-order valence-corrected chi connectivity index (χ1v) is 6.28. The van der Waals surface area contributed by atoms with Gasteiger partial charge >= 0.3 is 0 Å². The number of aromatic nitrogens is 1. The van der Waals surface area contributed by atoms with Crippen LogP contribution in [0.15, 0.2) is 30.5 Å². The number of para-hydroxylation sites is 1. The molecule has 0 saturated heterocycles. The lowest BCUT2D eigenvalue weighted by Crippen LogP contribution is -2.19. The van der Waals surface area contributed by atoms with Gasteiger partial charge in [0, 0.05) is 18.2 Å². The van der Waals surface area contributed by atoms with Gasteiger partial charge in [-0.2, -0.15) is 5.26 Å². The maximum Gasteiger partial charge on any atom is 0.148 e. The lowest BCUT2D eigenvalue weighted by atomic mass is 10.1. The number of hydrogen-bond donors (Lipinski definition) is 0. The summed E-state index contributed by atoms with van der Waals surface area (Å²) in [6, 6.07) is 9.75. The van der Waals surface area contributed by atoms with Crippen molar-refractivity contribution in [3.8, 4) is 11.8 Å². The third kappa shape index (κ3) is 3.01. The number of benzene rings is 1. The zero-order valence-electron chi connectivity index (χ0n) is 11.1. The van der Waals surface area contributed by atoms with E-state index in [9.17, 15) is 0 Å². The van der Waals surface area contributed by atoms with Gasteiger partial charge in [-0.1, -0.05) is 12.1 Å². The monoisotopic (exact) mass is 256 g/mol. The standard InChI is InChI=1S/C15H16N2O2/c1-3-18-10-11(2)19-15-12(8-16)9-17-14-7-5-4-6-13(14)15/h4-7,9,11H,3,10H2,1-2H3. The lowest BCUT2D eigenvalue weighted by molar-refractivity contribution is 0.0663. The van der Waals surface area contributed by atoms with Gasteiger partial charge in [0.25, 0.3) is 0 Å². The molecule has 1 heterocycles. The molecule has 4 heteroatoms. The molecule has 0 N–H and O–H groups in total. The highest BCUT2D eigenvalue weighted by atomic mass is 16.5. The molecule has 0 amide bonds. The molecule has 0 aliphatic rings. The largest absolute Gasteiger partial charge is 0.486 e. The van der Waals surface area contributed by atoms with Crippen molar-refractivity contribution in [2.45, 2.75) is 20.0 Å². The summed E-state index contributed by atoms with van der Waals surface area (Å²) in [5.41, 5.74) is 1.27. The molecule has 1 atom stereocenters. The molecule has 0 aliphatic carbocycles. The predicted octanol–water partition coefficient (Wildman–Crippen LogP) is 2.91. The molecule has 0 spiro atoms. The molecule has 19 heavy (non-hydrogen) atoms. The summed E-state index contributed by atoms with van der Waals surface area (Å²) >= 11 is 0. The van der Waals surface area contributed by atoms with Crippen LogP contribution in [0.5, 0.6) is 5.75 Å². The van der Waals surface area contributed by atoms with Crippen LogP contribution in [0.1, 0.15) is 19.4 Å². The van der Waals surface area contributed by atoms with Crippen LogP contribution < -0.4 is 4.74 Å². The van der Waals surface area contributed by atoms with Crippen LogP contribution >= 0.6 is 0 Å². The van der Waals surface area contributed by atoms with E-state index in [2.05, 4.69) is 11.1 Å². The van der Waals surface area contributed by atoms with E-state index in [-0.39, 0.29) is 6.10 Å². The smallest absolute Gasteiger partial charge is 0.148 e. The Kier molecular flexibility index (Phi) is 4.32. The first kappa shape index (κ1) is 13.3. The predicted molar refractivity (Wildman–Crippen MR) is 73.0 cm³/mol. The van der Waals surface area contributed by atoms with Crippen LogP contribution in [0.3, 0.4) is 0 Å². The van der Waals surface area contributed by atoms with E-state index >= 15 is 0 Å². The van der Waals surface area contributed by atoms with E-state index in [1.165, 1.54) is 0 Å². The molecule has 2 aromatic rings. The van der Waals surface area contributed by atoms with Gasteiger partial charge in [-0.3, -0.25) is 4.98 Å². The van der Waals surface area contributed by atoms with Gasteiger partial charge in [0.15, 0.2) is 0 Å². The first-order valence-electron chi connectivity index (χ1n) is 6.28. The number of pyridine rings is 1. The fourth-order valence-corrected chi connectivity index (χ4v) is 1.84. The van der Waals surface area contributed by atoms with E-state index in [1.54, 1.807) is 6.20 Å². The van der Waals surface area contributed by atoms with E-state index in [4.69, 9.17) is 14.7 Å². The van der Waals surface area contributed by atoms with Crippen LogP contribution in [-0.4, -0.2) is 24.3 Å². The van der Waals surface area contributed by atoms with Crippen LogP contribution in [0.25, 0.3) is 10.9 Å². The summed E-state index contributed by atoms with van der Waals surface area (Å²) in [6.45, 7) is 5.01. The zero-order valence-corrected chi connectivity index (χ0v) is 11.1. The molecule has 0 aliphatic heterocycles. The van der Waals surface area contributed by atoms with E-state index in [0.717, 1.165) is 10.9 Å². The summed E-state index contributed by atoms with van der Waals surface area (Å²) in [5.74, 6) is 0.584. The fraction of sp³-hybridized carbons (Fsp3) is 0.333. The molecule has 2 rings (SSSR count). The molecule has 98 valence electrons. The Morgan fingerprint density at radius 2 is 2.16 bits per heavy atom. The maximum absolute atomic E-state index is 9.17. The van der Waals surface area contributed by atoms with Crippen molar-refractivity contribution in [2.24, 2.45) is 0 Å². The lowest BCUT2D eigenvalue weighted by Gasteiger charge is -2.16. The molecule has 0 fully saturated rings.